The molecule has 6 heteroatoms. The zero-order chi connectivity index (χ0) is 17.7. The zero-order valence-corrected chi connectivity index (χ0v) is 15.7. The van der Waals surface area contributed by atoms with Gasteiger partial charge in [0.15, 0.2) is 0 Å². The lowest BCUT2D eigenvalue weighted by Gasteiger charge is -2.25. The number of hydrogen-bond donors (Lipinski definition) is 1. The standard InChI is InChI=1S/C18H28N2O3S/c1-14-10-11-15(2)17(12-14)20(24(3,22)23)13-18(21)19-16-8-6-4-5-7-9-16/h10-12,16H,4-9,13H2,1-3H3,(H,19,21). The molecule has 0 spiro atoms. The lowest BCUT2D eigenvalue weighted by Crippen LogP contribution is -2.44. The van der Waals surface area contributed by atoms with E-state index in [9.17, 15) is 13.2 Å². The van der Waals surface area contributed by atoms with Gasteiger partial charge >= 0.3 is 0 Å². The monoisotopic (exact) mass is 352 g/mol. The molecule has 0 saturated heterocycles. The van der Waals surface area contributed by atoms with Crippen LogP contribution in [-0.4, -0.2) is 33.2 Å². The van der Waals surface area contributed by atoms with Crippen LogP contribution < -0.4 is 9.62 Å². The third-order valence-electron chi connectivity index (χ3n) is 4.54. The highest BCUT2D eigenvalue weighted by Crippen LogP contribution is 2.24. The quantitative estimate of drug-likeness (QED) is 0.829. The summed E-state index contributed by atoms with van der Waals surface area (Å²) in [4.78, 5) is 12.4. The molecule has 1 saturated carbocycles. The van der Waals surface area contributed by atoms with Crippen LogP contribution in [0.15, 0.2) is 18.2 Å². The SMILES string of the molecule is Cc1ccc(C)c(N(CC(=O)NC2CCCCCC2)S(C)(=O)=O)c1. The lowest BCUT2D eigenvalue weighted by atomic mass is 10.1. The maximum absolute atomic E-state index is 12.4. The van der Waals surface area contributed by atoms with Crippen LogP contribution in [0.4, 0.5) is 5.69 Å². The fourth-order valence-electron chi connectivity index (χ4n) is 3.20. The number of amides is 1. The molecule has 1 aliphatic rings. The second-order valence-electron chi connectivity index (χ2n) is 6.82. The van der Waals surface area contributed by atoms with Crippen molar-refractivity contribution in [1.82, 2.24) is 5.32 Å². The highest BCUT2D eigenvalue weighted by atomic mass is 32.2. The smallest absolute Gasteiger partial charge is 0.240 e. The molecule has 1 aliphatic carbocycles. The van der Waals surface area contributed by atoms with E-state index < -0.39 is 10.0 Å². The van der Waals surface area contributed by atoms with Gasteiger partial charge in [-0.2, -0.15) is 0 Å². The third-order valence-corrected chi connectivity index (χ3v) is 5.67. The molecular weight excluding hydrogens is 324 g/mol. The first kappa shape index (κ1) is 18.8. The Labute approximate surface area is 145 Å². The molecule has 0 heterocycles. The van der Waals surface area contributed by atoms with Gasteiger partial charge in [0.25, 0.3) is 0 Å². The van der Waals surface area contributed by atoms with Crippen LogP contribution in [0, 0.1) is 13.8 Å². The van der Waals surface area contributed by atoms with Crippen LogP contribution in [0.25, 0.3) is 0 Å². The Morgan fingerprint density at radius 2 is 1.79 bits per heavy atom. The van der Waals surface area contributed by atoms with Gasteiger partial charge in [-0.1, -0.05) is 37.8 Å². The van der Waals surface area contributed by atoms with Crippen molar-refractivity contribution in [3.63, 3.8) is 0 Å². The minimum absolute atomic E-state index is 0.167. The minimum atomic E-state index is -3.53. The molecule has 134 valence electrons. The van der Waals surface area contributed by atoms with Gasteiger partial charge in [0, 0.05) is 6.04 Å². The van der Waals surface area contributed by atoms with Crippen molar-refractivity contribution in [3.05, 3.63) is 29.3 Å². The van der Waals surface area contributed by atoms with Gasteiger partial charge < -0.3 is 5.32 Å². The zero-order valence-electron chi connectivity index (χ0n) is 14.8. The Balaban J connectivity index is 2.14. The van der Waals surface area contributed by atoms with E-state index in [-0.39, 0.29) is 18.5 Å². The average molecular weight is 353 g/mol. The number of hydrogen-bond acceptors (Lipinski definition) is 3. The number of carbonyl (C=O) groups is 1. The van der Waals surface area contributed by atoms with E-state index in [2.05, 4.69) is 5.32 Å². The first-order valence-electron chi connectivity index (χ1n) is 8.61. The van der Waals surface area contributed by atoms with E-state index in [1.807, 2.05) is 32.0 Å². The number of nitrogens with one attached hydrogen (secondary N) is 1. The van der Waals surface area contributed by atoms with Crippen LogP contribution in [0.1, 0.15) is 49.7 Å². The molecule has 0 aliphatic heterocycles. The summed E-state index contributed by atoms with van der Waals surface area (Å²) >= 11 is 0. The van der Waals surface area contributed by atoms with Gasteiger partial charge in [-0.25, -0.2) is 8.42 Å². The Hall–Kier alpha value is -1.56. The molecule has 0 radical (unpaired) electrons. The fraction of sp³-hybridized carbons (Fsp3) is 0.611. The second-order valence-corrected chi connectivity index (χ2v) is 8.72. The number of aryl methyl sites for hydroxylation is 2. The van der Waals surface area contributed by atoms with Gasteiger partial charge in [-0.3, -0.25) is 9.10 Å². The van der Waals surface area contributed by atoms with E-state index in [1.165, 1.54) is 17.1 Å². The predicted octanol–water partition coefficient (Wildman–Crippen LogP) is 2.91. The Morgan fingerprint density at radius 1 is 1.17 bits per heavy atom. The molecule has 2 rings (SSSR count). The van der Waals surface area contributed by atoms with Crippen molar-refractivity contribution in [2.45, 2.75) is 58.4 Å². The summed E-state index contributed by atoms with van der Waals surface area (Å²) in [6.07, 6.45) is 7.78. The van der Waals surface area contributed by atoms with Gasteiger partial charge in [0.2, 0.25) is 15.9 Å². The Kier molecular flexibility index (Phi) is 6.27. The van der Waals surface area contributed by atoms with E-state index in [0.29, 0.717) is 5.69 Å². The minimum Gasteiger partial charge on any atom is -0.352 e. The third kappa shape index (κ3) is 5.23. The summed E-state index contributed by atoms with van der Waals surface area (Å²) in [5, 5.41) is 3.02. The average Bonchev–Trinajstić information content (AvgIpc) is 2.75. The van der Waals surface area contributed by atoms with Crippen LogP contribution in [0.2, 0.25) is 0 Å². The molecule has 24 heavy (non-hydrogen) atoms. The number of nitrogens with zero attached hydrogens (tertiary/aromatic N) is 1. The highest BCUT2D eigenvalue weighted by Gasteiger charge is 2.24. The maximum atomic E-state index is 12.4. The Bertz CT molecular complexity index is 678. The summed E-state index contributed by atoms with van der Waals surface area (Å²) < 4.78 is 25.7. The number of benzene rings is 1. The van der Waals surface area contributed by atoms with Crippen LogP contribution in [0.3, 0.4) is 0 Å². The molecule has 1 aromatic rings. The van der Waals surface area contributed by atoms with Crippen molar-refractivity contribution < 1.29 is 13.2 Å². The number of carbonyl (C=O) groups excluding carboxylic acids is 1. The molecule has 0 atom stereocenters. The molecule has 0 unspecified atom stereocenters. The van der Waals surface area contributed by atoms with Gasteiger partial charge in [0.05, 0.1) is 11.9 Å². The molecule has 0 aromatic heterocycles. The molecular formula is C18H28N2O3S. The fourth-order valence-corrected chi connectivity index (χ4v) is 4.10. The number of sulfonamides is 1. The van der Waals surface area contributed by atoms with E-state index in [4.69, 9.17) is 0 Å². The van der Waals surface area contributed by atoms with Crippen LogP contribution >= 0.6 is 0 Å². The molecule has 5 nitrogen and oxygen atoms in total. The van der Waals surface area contributed by atoms with Crippen LogP contribution in [0.5, 0.6) is 0 Å². The summed E-state index contributed by atoms with van der Waals surface area (Å²) in [7, 11) is -3.53. The second kappa shape index (κ2) is 8.01. The molecule has 1 aromatic carbocycles. The van der Waals surface area contributed by atoms with E-state index >= 15 is 0 Å². The van der Waals surface area contributed by atoms with E-state index in [0.717, 1.165) is 43.1 Å². The van der Waals surface area contributed by atoms with Crippen molar-refractivity contribution in [2.24, 2.45) is 0 Å². The van der Waals surface area contributed by atoms with Crippen molar-refractivity contribution in [3.8, 4) is 0 Å². The summed E-state index contributed by atoms with van der Waals surface area (Å²) in [5.41, 5.74) is 2.38. The summed E-state index contributed by atoms with van der Waals surface area (Å²) in [6, 6.07) is 5.80. The maximum Gasteiger partial charge on any atom is 0.240 e. The highest BCUT2D eigenvalue weighted by molar-refractivity contribution is 7.92. The Morgan fingerprint density at radius 3 is 2.38 bits per heavy atom. The van der Waals surface area contributed by atoms with Crippen molar-refractivity contribution in [1.29, 1.82) is 0 Å². The summed E-state index contributed by atoms with van der Waals surface area (Å²) in [6.45, 7) is 3.60. The largest absolute Gasteiger partial charge is 0.352 e. The first-order chi connectivity index (χ1) is 11.3. The normalized spacial score (nSPS) is 16.5. The van der Waals surface area contributed by atoms with Crippen molar-refractivity contribution in [2.75, 3.05) is 17.1 Å². The molecule has 1 N–H and O–H groups in total. The van der Waals surface area contributed by atoms with Crippen LogP contribution in [-0.2, 0) is 14.8 Å². The lowest BCUT2D eigenvalue weighted by molar-refractivity contribution is -0.120. The van der Waals surface area contributed by atoms with E-state index in [1.54, 1.807) is 0 Å². The molecule has 1 amide bonds. The summed E-state index contributed by atoms with van der Waals surface area (Å²) in [5.74, 6) is -0.228. The topological polar surface area (TPSA) is 66.5 Å². The molecule has 0 bridgehead atoms. The predicted molar refractivity (Wildman–Crippen MR) is 97.7 cm³/mol. The van der Waals surface area contributed by atoms with Crippen molar-refractivity contribution >= 4 is 21.6 Å². The molecule has 1 fully saturated rings. The first-order valence-corrected chi connectivity index (χ1v) is 10.5. The van der Waals surface area contributed by atoms with Gasteiger partial charge in [-0.05, 0) is 43.9 Å². The van der Waals surface area contributed by atoms with Gasteiger partial charge in [-0.15, -0.1) is 0 Å². The number of anilines is 1. The number of rotatable bonds is 5. The van der Waals surface area contributed by atoms with Gasteiger partial charge in [0.1, 0.15) is 6.54 Å².